The molecule has 0 spiro atoms. The Morgan fingerprint density at radius 2 is 2.22 bits per heavy atom. The van der Waals surface area contributed by atoms with Crippen LogP contribution < -0.4 is 10.6 Å². The Balaban J connectivity index is 1.88. The van der Waals surface area contributed by atoms with Crippen LogP contribution in [0.5, 0.6) is 0 Å². The number of aromatic nitrogens is 1. The van der Waals surface area contributed by atoms with Crippen LogP contribution in [0.1, 0.15) is 37.2 Å². The molecule has 1 aliphatic carbocycles. The number of rotatable bonds is 5. The summed E-state index contributed by atoms with van der Waals surface area (Å²) in [7, 11) is 0. The summed E-state index contributed by atoms with van der Waals surface area (Å²) in [5.41, 5.74) is 0.182. The number of hydrogen-bond donors (Lipinski definition) is 2. The molecule has 0 atom stereocenters. The van der Waals surface area contributed by atoms with E-state index < -0.39 is 0 Å². The van der Waals surface area contributed by atoms with E-state index in [1.165, 1.54) is 6.26 Å². The number of carbonyl (C=O) groups is 2. The van der Waals surface area contributed by atoms with Gasteiger partial charge in [-0.3, -0.25) is 14.9 Å². The minimum absolute atomic E-state index is 0.0788. The van der Waals surface area contributed by atoms with E-state index in [2.05, 4.69) is 15.6 Å². The van der Waals surface area contributed by atoms with Crippen LogP contribution in [0.3, 0.4) is 0 Å². The highest BCUT2D eigenvalue weighted by Gasteiger charge is 2.30. The van der Waals surface area contributed by atoms with Crippen LogP contribution in [-0.4, -0.2) is 23.3 Å². The maximum absolute atomic E-state index is 11.6. The molecule has 6 heteroatoms. The van der Waals surface area contributed by atoms with Crippen molar-refractivity contribution in [3.63, 3.8) is 0 Å². The number of nitrogens with zero attached hydrogens (tertiary/aromatic N) is 1. The van der Waals surface area contributed by atoms with E-state index in [0.29, 0.717) is 12.5 Å². The zero-order valence-corrected chi connectivity index (χ0v) is 10.5. The predicted molar refractivity (Wildman–Crippen MR) is 65.0 cm³/mol. The molecule has 6 nitrogen and oxygen atoms in total. The van der Waals surface area contributed by atoms with Crippen LogP contribution in [0.15, 0.2) is 10.7 Å². The maximum atomic E-state index is 11.6. The van der Waals surface area contributed by atoms with Gasteiger partial charge in [-0.2, -0.15) is 4.98 Å². The average molecular weight is 251 g/mol. The number of hydrogen-bond acceptors (Lipinski definition) is 4. The number of nitrogens with one attached hydrogen (secondary N) is 2. The summed E-state index contributed by atoms with van der Waals surface area (Å²) in [5, 5.41) is 5.27. The highest BCUT2D eigenvalue weighted by molar-refractivity contribution is 5.94. The second kappa shape index (κ2) is 5.20. The molecule has 0 aromatic carbocycles. The van der Waals surface area contributed by atoms with Crippen molar-refractivity contribution >= 4 is 17.8 Å². The maximum Gasteiger partial charge on any atom is 0.302 e. The van der Waals surface area contributed by atoms with Gasteiger partial charge in [0.1, 0.15) is 6.26 Å². The number of carbonyl (C=O) groups excluding carboxylic acids is 2. The first-order valence-electron chi connectivity index (χ1n) is 6.11. The number of oxazole rings is 1. The van der Waals surface area contributed by atoms with Crippen molar-refractivity contribution < 1.29 is 14.0 Å². The zero-order valence-electron chi connectivity index (χ0n) is 10.5. The Morgan fingerprint density at radius 3 is 2.83 bits per heavy atom. The SMILES string of the molecule is CC(C)CNC(=O)c1coc(NC(=O)C2CC2)n1. The first kappa shape index (κ1) is 12.6. The Labute approximate surface area is 105 Å². The van der Waals surface area contributed by atoms with Crippen molar-refractivity contribution in [1.29, 1.82) is 0 Å². The van der Waals surface area contributed by atoms with Crippen LogP contribution in [0, 0.1) is 11.8 Å². The quantitative estimate of drug-likeness (QED) is 0.828. The molecule has 2 N–H and O–H groups in total. The van der Waals surface area contributed by atoms with Crippen molar-refractivity contribution in [2.24, 2.45) is 11.8 Å². The molecule has 1 aromatic rings. The molecule has 1 saturated carbocycles. The Kier molecular flexibility index (Phi) is 3.64. The molecule has 0 aliphatic heterocycles. The van der Waals surface area contributed by atoms with Gasteiger partial charge in [-0.1, -0.05) is 13.8 Å². The fraction of sp³-hybridized carbons (Fsp3) is 0.583. The third kappa shape index (κ3) is 3.32. The monoisotopic (exact) mass is 251 g/mol. The molecule has 18 heavy (non-hydrogen) atoms. The van der Waals surface area contributed by atoms with E-state index in [0.717, 1.165) is 12.8 Å². The summed E-state index contributed by atoms with van der Waals surface area (Å²) in [6, 6.07) is 0.0848. The summed E-state index contributed by atoms with van der Waals surface area (Å²) < 4.78 is 5.04. The summed E-state index contributed by atoms with van der Waals surface area (Å²) in [6.07, 6.45) is 3.07. The summed E-state index contributed by atoms with van der Waals surface area (Å²) in [6.45, 7) is 4.59. The highest BCUT2D eigenvalue weighted by atomic mass is 16.4. The molecular weight excluding hydrogens is 234 g/mol. The van der Waals surface area contributed by atoms with Gasteiger partial charge in [-0.05, 0) is 18.8 Å². The first-order valence-corrected chi connectivity index (χ1v) is 6.11. The lowest BCUT2D eigenvalue weighted by Gasteiger charge is -2.04. The van der Waals surface area contributed by atoms with Gasteiger partial charge in [-0.25, -0.2) is 0 Å². The van der Waals surface area contributed by atoms with Crippen molar-refractivity contribution in [3.05, 3.63) is 12.0 Å². The van der Waals surface area contributed by atoms with E-state index in [4.69, 9.17) is 4.42 Å². The normalized spacial score (nSPS) is 14.6. The molecule has 0 unspecified atom stereocenters. The van der Waals surface area contributed by atoms with Crippen LogP contribution in [0.4, 0.5) is 6.01 Å². The molecule has 2 amide bonds. The molecular formula is C12H17N3O3. The second-order valence-corrected chi connectivity index (χ2v) is 4.91. The molecule has 0 saturated heterocycles. The smallest absolute Gasteiger partial charge is 0.302 e. The third-order valence-corrected chi connectivity index (χ3v) is 2.59. The van der Waals surface area contributed by atoms with Crippen LogP contribution in [0.25, 0.3) is 0 Å². The van der Waals surface area contributed by atoms with Gasteiger partial charge in [0.15, 0.2) is 5.69 Å². The van der Waals surface area contributed by atoms with E-state index in [-0.39, 0.29) is 29.4 Å². The topological polar surface area (TPSA) is 84.2 Å². The zero-order chi connectivity index (χ0) is 13.1. The van der Waals surface area contributed by atoms with Gasteiger partial charge >= 0.3 is 6.01 Å². The second-order valence-electron chi connectivity index (χ2n) is 4.91. The summed E-state index contributed by atoms with van der Waals surface area (Å²) in [4.78, 5) is 27.0. The molecule has 1 aromatic heterocycles. The Bertz CT molecular complexity index is 449. The van der Waals surface area contributed by atoms with Gasteiger partial charge in [0.2, 0.25) is 5.91 Å². The highest BCUT2D eigenvalue weighted by Crippen LogP contribution is 2.29. The van der Waals surface area contributed by atoms with Crippen molar-refractivity contribution in [2.45, 2.75) is 26.7 Å². The number of anilines is 1. The molecule has 0 bridgehead atoms. The average Bonchev–Trinajstić information content (AvgIpc) is 3.07. The standard InChI is InChI=1S/C12H17N3O3/c1-7(2)5-13-11(17)9-6-18-12(14-9)15-10(16)8-3-4-8/h6-8H,3-5H2,1-2H3,(H,13,17)(H,14,15,16). The lowest BCUT2D eigenvalue weighted by Crippen LogP contribution is -2.27. The van der Waals surface area contributed by atoms with Crippen LogP contribution in [-0.2, 0) is 4.79 Å². The van der Waals surface area contributed by atoms with Gasteiger partial charge in [-0.15, -0.1) is 0 Å². The van der Waals surface area contributed by atoms with Crippen LogP contribution in [0.2, 0.25) is 0 Å². The molecule has 98 valence electrons. The van der Waals surface area contributed by atoms with Gasteiger partial charge in [0.05, 0.1) is 0 Å². The third-order valence-electron chi connectivity index (χ3n) is 2.59. The lowest BCUT2D eigenvalue weighted by atomic mass is 10.2. The van der Waals surface area contributed by atoms with Gasteiger partial charge < -0.3 is 9.73 Å². The van der Waals surface area contributed by atoms with Gasteiger partial charge in [0, 0.05) is 12.5 Å². The minimum Gasteiger partial charge on any atom is -0.431 e. The first-order chi connectivity index (χ1) is 8.56. The molecule has 0 radical (unpaired) electrons. The molecule has 2 rings (SSSR count). The Hall–Kier alpha value is -1.85. The van der Waals surface area contributed by atoms with Crippen molar-refractivity contribution in [1.82, 2.24) is 10.3 Å². The van der Waals surface area contributed by atoms with E-state index >= 15 is 0 Å². The molecule has 1 fully saturated rings. The Morgan fingerprint density at radius 1 is 1.50 bits per heavy atom. The molecule has 1 aliphatic rings. The fourth-order valence-electron chi connectivity index (χ4n) is 1.38. The van der Waals surface area contributed by atoms with Crippen molar-refractivity contribution in [2.75, 3.05) is 11.9 Å². The van der Waals surface area contributed by atoms with E-state index in [1.54, 1.807) is 0 Å². The summed E-state index contributed by atoms with van der Waals surface area (Å²) >= 11 is 0. The molecule has 1 heterocycles. The largest absolute Gasteiger partial charge is 0.431 e. The van der Waals surface area contributed by atoms with Crippen LogP contribution >= 0.6 is 0 Å². The lowest BCUT2D eigenvalue weighted by molar-refractivity contribution is -0.117. The summed E-state index contributed by atoms with van der Waals surface area (Å²) in [5.74, 6) is 0.0652. The van der Waals surface area contributed by atoms with Gasteiger partial charge in [0.25, 0.3) is 5.91 Å². The van der Waals surface area contributed by atoms with Crippen molar-refractivity contribution in [3.8, 4) is 0 Å². The number of amides is 2. The predicted octanol–water partition coefficient (Wildman–Crippen LogP) is 1.41. The van der Waals surface area contributed by atoms with E-state index in [1.807, 2.05) is 13.8 Å². The van der Waals surface area contributed by atoms with E-state index in [9.17, 15) is 9.59 Å². The fourth-order valence-corrected chi connectivity index (χ4v) is 1.38. The minimum atomic E-state index is -0.292.